The molecule has 2 aliphatic carbocycles. The topological polar surface area (TPSA) is 95.5 Å². The Morgan fingerprint density at radius 1 is 1.23 bits per heavy atom. The molecular formula is C22H24FIN2O4S. The zero-order chi connectivity index (χ0) is 22.7. The van der Waals surface area contributed by atoms with Gasteiger partial charge in [-0.2, -0.15) is 0 Å². The maximum absolute atomic E-state index is 13.9. The molecule has 2 aliphatic rings. The number of hydrogen-bond donors (Lipinski definition) is 3. The number of sulfone groups is 1. The quantitative estimate of drug-likeness (QED) is 0.288. The standard InChI is InChI=1S/C22H24FIN2O4S/c1-20(2,28)19(27)25-13-26-21-10-9-14-11-16(24)5-8-18(14)22(21,12-21)31(29,30)17-6-3-15(23)4-7-17/h3-8,11,26,28H,9-10,12-13H2,1-2H3,(H,25,27). The molecule has 0 aromatic heterocycles. The lowest BCUT2D eigenvalue weighted by molar-refractivity contribution is -0.136. The Morgan fingerprint density at radius 2 is 1.90 bits per heavy atom. The van der Waals surface area contributed by atoms with E-state index in [0.29, 0.717) is 19.3 Å². The van der Waals surface area contributed by atoms with Crippen LogP contribution in [-0.4, -0.2) is 37.2 Å². The average molecular weight is 558 g/mol. The van der Waals surface area contributed by atoms with Crippen LogP contribution in [-0.2, 0) is 25.8 Å². The number of fused-ring (bicyclic) bond motifs is 3. The predicted molar refractivity (Wildman–Crippen MR) is 123 cm³/mol. The molecule has 2 atom stereocenters. The molecule has 31 heavy (non-hydrogen) atoms. The molecule has 1 amide bonds. The van der Waals surface area contributed by atoms with E-state index in [2.05, 4.69) is 33.2 Å². The van der Waals surface area contributed by atoms with Crippen LogP contribution in [0.5, 0.6) is 0 Å². The Labute approximate surface area is 194 Å². The van der Waals surface area contributed by atoms with Gasteiger partial charge in [-0.25, -0.2) is 12.8 Å². The van der Waals surface area contributed by atoms with E-state index in [1.807, 2.05) is 18.2 Å². The Morgan fingerprint density at radius 3 is 2.55 bits per heavy atom. The van der Waals surface area contributed by atoms with Crippen molar-refractivity contribution in [1.29, 1.82) is 0 Å². The Kier molecular flexibility index (Phi) is 5.47. The first-order valence-electron chi connectivity index (χ1n) is 9.98. The van der Waals surface area contributed by atoms with Gasteiger partial charge in [-0.05, 0) is 103 Å². The van der Waals surface area contributed by atoms with Gasteiger partial charge in [-0.1, -0.05) is 6.07 Å². The zero-order valence-corrected chi connectivity index (χ0v) is 20.2. The number of aryl methyl sites for hydroxylation is 1. The molecule has 2 aromatic carbocycles. The number of hydrogen-bond acceptors (Lipinski definition) is 5. The van der Waals surface area contributed by atoms with E-state index in [1.165, 1.54) is 26.0 Å². The third-order valence-electron chi connectivity index (χ3n) is 6.34. The molecule has 0 aliphatic heterocycles. The van der Waals surface area contributed by atoms with Crippen molar-refractivity contribution in [2.24, 2.45) is 0 Å². The summed E-state index contributed by atoms with van der Waals surface area (Å²) in [5.41, 5.74) is -0.541. The van der Waals surface area contributed by atoms with Crippen LogP contribution in [0.2, 0.25) is 0 Å². The first-order chi connectivity index (χ1) is 14.4. The number of nitrogens with one attached hydrogen (secondary N) is 2. The van der Waals surface area contributed by atoms with Crippen LogP contribution < -0.4 is 10.6 Å². The van der Waals surface area contributed by atoms with Gasteiger partial charge in [-0.3, -0.25) is 10.1 Å². The maximum Gasteiger partial charge on any atom is 0.252 e. The van der Waals surface area contributed by atoms with Crippen molar-refractivity contribution in [2.45, 2.75) is 53.9 Å². The SMILES string of the molecule is CC(C)(O)C(=O)NCNC12CCc3cc(I)ccc3C1(S(=O)(=O)c1ccc(F)cc1)C2. The molecular weight excluding hydrogens is 534 g/mol. The Balaban J connectivity index is 1.73. The van der Waals surface area contributed by atoms with E-state index >= 15 is 0 Å². The fraction of sp³-hybridized carbons (Fsp3) is 0.409. The third kappa shape index (κ3) is 3.59. The molecule has 9 heteroatoms. The van der Waals surface area contributed by atoms with Gasteiger partial charge in [0.1, 0.15) is 16.2 Å². The monoisotopic (exact) mass is 558 g/mol. The predicted octanol–water partition coefficient (Wildman–Crippen LogP) is 2.62. The molecule has 0 radical (unpaired) electrons. The number of halogens is 2. The van der Waals surface area contributed by atoms with Crippen LogP contribution >= 0.6 is 22.6 Å². The largest absolute Gasteiger partial charge is 0.381 e. The summed E-state index contributed by atoms with van der Waals surface area (Å²) < 4.78 is 41.0. The molecule has 1 fully saturated rings. The smallest absolute Gasteiger partial charge is 0.252 e. The molecule has 0 heterocycles. The minimum Gasteiger partial charge on any atom is -0.381 e. The van der Waals surface area contributed by atoms with E-state index in [-0.39, 0.29) is 11.6 Å². The van der Waals surface area contributed by atoms with Crippen LogP contribution in [0.25, 0.3) is 0 Å². The maximum atomic E-state index is 13.9. The van der Waals surface area contributed by atoms with E-state index in [1.54, 1.807) is 0 Å². The summed E-state index contributed by atoms with van der Waals surface area (Å²) in [6.07, 6.45) is 1.64. The van der Waals surface area contributed by atoms with Crippen molar-refractivity contribution < 1.29 is 22.7 Å². The summed E-state index contributed by atoms with van der Waals surface area (Å²) in [6, 6.07) is 10.7. The summed E-state index contributed by atoms with van der Waals surface area (Å²) >= 11 is 2.21. The van der Waals surface area contributed by atoms with Crippen LogP contribution in [0.4, 0.5) is 4.39 Å². The van der Waals surface area contributed by atoms with Gasteiger partial charge in [0.2, 0.25) is 0 Å². The number of carbonyl (C=O) groups excluding carboxylic acids is 1. The minimum absolute atomic E-state index is 0.0310. The third-order valence-corrected chi connectivity index (χ3v) is 9.57. The highest BCUT2D eigenvalue weighted by Crippen LogP contribution is 2.67. The minimum atomic E-state index is -3.86. The summed E-state index contributed by atoms with van der Waals surface area (Å²) in [5.74, 6) is -1.04. The van der Waals surface area contributed by atoms with Gasteiger partial charge >= 0.3 is 0 Å². The summed E-state index contributed by atoms with van der Waals surface area (Å²) in [6.45, 7) is 2.81. The normalized spacial score (nSPS) is 24.8. The number of aliphatic hydroxyl groups is 1. The van der Waals surface area contributed by atoms with E-state index in [9.17, 15) is 22.7 Å². The van der Waals surface area contributed by atoms with Crippen molar-refractivity contribution in [2.75, 3.05) is 6.67 Å². The number of amides is 1. The van der Waals surface area contributed by atoms with Crippen molar-refractivity contribution in [3.8, 4) is 0 Å². The summed E-state index contributed by atoms with van der Waals surface area (Å²) in [4.78, 5) is 12.1. The van der Waals surface area contributed by atoms with Gasteiger partial charge < -0.3 is 10.4 Å². The van der Waals surface area contributed by atoms with Gasteiger partial charge in [0.25, 0.3) is 5.91 Å². The molecule has 1 saturated carbocycles. The summed E-state index contributed by atoms with van der Waals surface area (Å²) in [7, 11) is -3.86. The second-order valence-corrected chi connectivity index (χ2v) is 12.2. The fourth-order valence-corrected chi connectivity index (χ4v) is 7.72. The van der Waals surface area contributed by atoms with E-state index in [4.69, 9.17) is 0 Å². The molecule has 3 N–H and O–H groups in total. The van der Waals surface area contributed by atoms with Gasteiger partial charge in [0.15, 0.2) is 9.84 Å². The van der Waals surface area contributed by atoms with E-state index in [0.717, 1.165) is 26.8 Å². The summed E-state index contributed by atoms with van der Waals surface area (Å²) in [5, 5.41) is 15.7. The van der Waals surface area contributed by atoms with Crippen LogP contribution in [0.15, 0.2) is 47.4 Å². The lowest BCUT2D eigenvalue weighted by Gasteiger charge is -2.33. The van der Waals surface area contributed by atoms with Crippen molar-refractivity contribution >= 4 is 38.3 Å². The molecule has 166 valence electrons. The van der Waals surface area contributed by atoms with Gasteiger partial charge in [0.05, 0.1) is 11.6 Å². The lowest BCUT2D eigenvalue weighted by atomic mass is 9.88. The fourth-order valence-electron chi connectivity index (χ4n) is 4.65. The molecule has 0 saturated heterocycles. The highest BCUT2D eigenvalue weighted by molar-refractivity contribution is 14.1. The molecule has 2 aromatic rings. The second-order valence-electron chi connectivity index (χ2n) is 8.76. The molecule has 0 spiro atoms. The molecule has 0 bridgehead atoms. The van der Waals surface area contributed by atoms with Crippen molar-refractivity contribution in [1.82, 2.24) is 10.6 Å². The molecule has 6 nitrogen and oxygen atoms in total. The molecule has 2 unspecified atom stereocenters. The van der Waals surface area contributed by atoms with Crippen molar-refractivity contribution in [3.05, 3.63) is 63.0 Å². The first-order valence-corrected chi connectivity index (χ1v) is 12.5. The van der Waals surface area contributed by atoms with Crippen LogP contribution in [0.3, 0.4) is 0 Å². The highest BCUT2D eigenvalue weighted by Gasteiger charge is 2.76. The van der Waals surface area contributed by atoms with Gasteiger partial charge in [0, 0.05) is 9.11 Å². The van der Waals surface area contributed by atoms with E-state index < -0.39 is 37.4 Å². The highest BCUT2D eigenvalue weighted by atomic mass is 127. The lowest BCUT2D eigenvalue weighted by Crippen LogP contribution is -2.52. The zero-order valence-electron chi connectivity index (χ0n) is 17.2. The first kappa shape index (κ1) is 22.6. The number of carbonyl (C=O) groups is 1. The van der Waals surface area contributed by atoms with Crippen LogP contribution in [0, 0.1) is 9.39 Å². The average Bonchev–Trinajstić information content (AvgIpc) is 3.39. The van der Waals surface area contributed by atoms with Crippen LogP contribution in [0.1, 0.15) is 37.8 Å². The van der Waals surface area contributed by atoms with Crippen molar-refractivity contribution in [3.63, 3.8) is 0 Å². The Bertz CT molecular complexity index is 1150. The van der Waals surface area contributed by atoms with Gasteiger partial charge in [-0.15, -0.1) is 0 Å². The number of rotatable bonds is 6. The Hall–Kier alpha value is -1.56. The molecule has 4 rings (SSSR count). The number of benzene rings is 2. The second kappa shape index (κ2) is 7.50.